The number of aromatic nitrogens is 1. The van der Waals surface area contributed by atoms with E-state index in [9.17, 15) is 14.4 Å². The molecule has 2 aromatic rings. The number of esters is 1. The van der Waals surface area contributed by atoms with Crippen LogP contribution in [0.4, 0.5) is 0 Å². The summed E-state index contributed by atoms with van der Waals surface area (Å²) in [5.74, 6) is -0.760. The lowest BCUT2D eigenvalue weighted by Crippen LogP contribution is -2.26. The third-order valence-electron chi connectivity index (χ3n) is 4.18. The van der Waals surface area contributed by atoms with Crippen molar-refractivity contribution in [1.82, 2.24) is 4.57 Å². The van der Waals surface area contributed by atoms with Gasteiger partial charge in [0, 0.05) is 5.69 Å². The van der Waals surface area contributed by atoms with Crippen LogP contribution in [0, 0.1) is 3.57 Å². The van der Waals surface area contributed by atoms with Crippen molar-refractivity contribution >= 4 is 34.8 Å². The maximum absolute atomic E-state index is 12.7. The molecule has 1 atom stereocenters. The highest BCUT2D eigenvalue weighted by Crippen LogP contribution is 2.32. The summed E-state index contributed by atoms with van der Waals surface area (Å²) in [5, 5.41) is 0. The summed E-state index contributed by atoms with van der Waals surface area (Å²) in [6.07, 6.45) is 1.88. The summed E-state index contributed by atoms with van der Waals surface area (Å²) in [7, 11) is 1.24. The minimum atomic E-state index is -0.688. The predicted octanol–water partition coefficient (Wildman–Crippen LogP) is 2.50. The molecule has 6 nitrogen and oxygen atoms in total. The Hall–Kier alpha value is -2.16. The van der Waals surface area contributed by atoms with Gasteiger partial charge in [-0.25, -0.2) is 4.79 Å². The molecule has 0 radical (unpaired) electrons. The Kier molecular flexibility index (Phi) is 5.22. The molecular formula is C18H16INO5. The number of nitrogens with zero attached hydrogens (tertiary/aromatic N) is 1. The van der Waals surface area contributed by atoms with Gasteiger partial charge in [0.2, 0.25) is 5.43 Å². The van der Waals surface area contributed by atoms with Crippen molar-refractivity contribution in [2.45, 2.75) is 25.5 Å². The number of benzene rings is 1. The molecule has 2 heterocycles. The summed E-state index contributed by atoms with van der Waals surface area (Å²) in [4.78, 5) is 36.5. The van der Waals surface area contributed by atoms with Crippen LogP contribution in [0.3, 0.4) is 0 Å². The molecule has 0 spiro atoms. The number of fused-ring (bicyclic) bond motifs is 1. The molecule has 1 aliphatic heterocycles. The normalized spacial score (nSPS) is 15.5. The molecular weight excluding hydrogens is 437 g/mol. The van der Waals surface area contributed by atoms with Crippen LogP contribution in [0.5, 0.6) is 5.75 Å². The second kappa shape index (κ2) is 7.38. The van der Waals surface area contributed by atoms with Crippen LogP contribution in [0.1, 0.15) is 34.2 Å². The third kappa shape index (κ3) is 3.20. The van der Waals surface area contributed by atoms with Crippen molar-refractivity contribution in [2.24, 2.45) is 0 Å². The Morgan fingerprint density at radius 2 is 2.08 bits per heavy atom. The van der Waals surface area contributed by atoms with Gasteiger partial charge < -0.3 is 18.8 Å². The fraction of sp³-hybridized carbons (Fsp3) is 0.278. The molecule has 0 bridgehead atoms. The van der Waals surface area contributed by atoms with Crippen LogP contribution in [-0.2, 0) is 22.6 Å². The van der Waals surface area contributed by atoms with E-state index in [2.05, 4.69) is 0 Å². The standard InChI is InChI=1S/C18H16INO5/c1-24-18(23)15-17(25-10-11-5-3-2-4-6-11)16(22)14(19)13-8-7-12(9-21)20(13)15/h2-6,9,12H,7-8,10H2,1H3. The fourth-order valence-electron chi connectivity index (χ4n) is 2.98. The number of halogens is 1. The second-order valence-electron chi connectivity index (χ2n) is 5.65. The lowest BCUT2D eigenvalue weighted by molar-refractivity contribution is -0.110. The van der Waals surface area contributed by atoms with Crippen molar-refractivity contribution in [1.29, 1.82) is 0 Å². The number of hydrogen-bond donors (Lipinski definition) is 0. The monoisotopic (exact) mass is 453 g/mol. The number of ether oxygens (including phenoxy) is 2. The molecule has 0 aliphatic carbocycles. The summed E-state index contributed by atoms with van der Waals surface area (Å²) >= 11 is 1.95. The first-order valence-electron chi connectivity index (χ1n) is 7.75. The number of aldehydes is 1. The quantitative estimate of drug-likeness (QED) is 0.395. The fourth-order valence-corrected chi connectivity index (χ4v) is 3.75. The van der Waals surface area contributed by atoms with Gasteiger partial charge in [-0.2, -0.15) is 0 Å². The van der Waals surface area contributed by atoms with E-state index in [1.165, 1.54) is 7.11 Å². The van der Waals surface area contributed by atoms with Crippen LogP contribution >= 0.6 is 22.6 Å². The maximum atomic E-state index is 12.7. The molecule has 0 saturated carbocycles. The maximum Gasteiger partial charge on any atom is 0.358 e. The molecule has 0 N–H and O–H groups in total. The van der Waals surface area contributed by atoms with E-state index >= 15 is 0 Å². The van der Waals surface area contributed by atoms with Crippen molar-refractivity contribution in [2.75, 3.05) is 7.11 Å². The van der Waals surface area contributed by atoms with Crippen molar-refractivity contribution in [3.05, 3.63) is 61.1 Å². The summed E-state index contributed by atoms with van der Waals surface area (Å²) in [5.41, 5.74) is 1.20. The van der Waals surface area contributed by atoms with E-state index in [0.717, 1.165) is 11.8 Å². The van der Waals surface area contributed by atoms with Gasteiger partial charge in [-0.3, -0.25) is 4.79 Å². The number of pyridine rings is 1. The van der Waals surface area contributed by atoms with Gasteiger partial charge in [0.05, 0.1) is 16.7 Å². The van der Waals surface area contributed by atoms with Crippen LogP contribution in [0.25, 0.3) is 0 Å². The molecule has 0 fully saturated rings. The van der Waals surface area contributed by atoms with Gasteiger partial charge in [-0.05, 0) is 41.0 Å². The minimum Gasteiger partial charge on any atom is -0.482 e. The van der Waals surface area contributed by atoms with Crippen molar-refractivity contribution in [3.8, 4) is 5.75 Å². The van der Waals surface area contributed by atoms with E-state index in [0.29, 0.717) is 22.1 Å². The van der Waals surface area contributed by atoms with Gasteiger partial charge >= 0.3 is 5.97 Å². The SMILES string of the molecule is COC(=O)c1c(OCc2ccccc2)c(=O)c(I)c2n1C(C=O)CC2. The largest absolute Gasteiger partial charge is 0.482 e. The Labute approximate surface area is 157 Å². The molecule has 1 aliphatic rings. The molecule has 1 unspecified atom stereocenters. The van der Waals surface area contributed by atoms with E-state index in [4.69, 9.17) is 9.47 Å². The molecule has 3 rings (SSSR count). The van der Waals surface area contributed by atoms with E-state index in [1.54, 1.807) is 4.57 Å². The Morgan fingerprint density at radius 1 is 1.36 bits per heavy atom. The zero-order chi connectivity index (χ0) is 18.0. The molecule has 7 heteroatoms. The Morgan fingerprint density at radius 3 is 2.72 bits per heavy atom. The average molecular weight is 453 g/mol. The first-order valence-corrected chi connectivity index (χ1v) is 8.83. The number of carbonyl (C=O) groups is 2. The topological polar surface area (TPSA) is 74.6 Å². The van der Waals surface area contributed by atoms with Gasteiger partial charge in [0.1, 0.15) is 12.9 Å². The van der Waals surface area contributed by atoms with Crippen LogP contribution < -0.4 is 10.2 Å². The molecule has 0 saturated heterocycles. The Bertz CT molecular complexity index is 875. The number of methoxy groups -OCH3 is 1. The lowest BCUT2D eigenvalue weighted by Gasteiger charge is -2.19. The van der Waals surface area contributed by atoms with E-state index < -0.39 is 12.0 Å². The third-order valence-corrected chi connectivity index (χ3v) is 5.29. The summed E-state index contributed by atoms with van der Waals surface area (Å²) in [6.45, 7) is 0.140. The van der Waals surface area contributed by atoms with Crippen LogP contribution in [0.2, 0.25) is 0 Å². The van der Waals surface area contributed by atoms with E-state index in [1.807, 2.05) is 52.9 Å². The number of carbonyl (C=O) groups excluding carboxylic acids is 2. The predicted molar refractivity (Wildman–Crippen MR) is 99.0 cm³/mol. The van der Waals surface area contributed by atoms with Gasteiger partial charge in [0.15, 0.2) is 11.4 Å². The summed E-state index contributed by atoms with van der Waals surface area (Å²) in [6, 6.07) is 8.83. The highest BCUT2D eigenvalue weighted by Gasteiger charge is 2.34. The van der Waals surface area contributed by atoms with Crippen molar-refractivity contribution in [3.63, 3.8) is 0 Å². The van der Waals surface area contributed by atoms with Crippen LogP contribution in [-0.4, -0.2) is 23.9 Å². The highest BCUT2D eigenvalue weighted by atomic mass is 127. The molecule has 1 aromatic carbocycles. The zero-order valence-electron chi connectivity index (χ0n) is 13.5. The van der Waals surface area contributed by atoms with Gasteiger partial charge in [-0.15, -0.1) is 0 Å². The zero-order valence-corrected chi connectivity index (χ0v) is 15.7. The van der Waals surface area contributed by atoms with E-state index in [-0.39, 0.29) is 23.5 Å². The molecule has 0 amide bonds. The average Bonchev–Trinajstić information content (AvgIpc) is 3.07. The Balaban J connectivity index is 2.13. The van der Waals surface area contributed by atoms with Gasteiger partial charge in [0.25, 0.3) is 0 Å². The molecule has 1 aromatic heterocycles. The number of rotatable bonds is 5. The highest BCUT2D eigenvalue weighted by molar-refractivity contribution is 14.1. The minimum absolute atomic E-state index is 0.00782. The smallest absolute Gasteiger partial charge is 0.358 e. The first kappa shape index (κ1) is 17.7. The number of hydrogen-bond acceptors (Lipinski definition) is 5. The van der Waals surface area contributed by atoms with Crippen LogP contribution in [0.15, 0.2) is 35.1 Å². The second-order valence-corrected chi connectivity index (χ2v) is 6.72. The first-order chi connectivity index (χ1) is 12.1. The van der Waals surface area contributed by atoms with Crippen molar-refractivity contribution < 1.29 is 19.1 Å². The summed E-state index contributed by atoms with van der Waals surface area (Å²) < 4.78 is 12.6. The molecule has 25 heavy (non-hydrogen) atoms. The lowest BCUT2D eigenvalue weighted by atomic mass is 10.2. The van der Waals surface area contributed by atoms with Gasteiger partial charge in [-0.1, -0.05) is 30.3 Å². The molecule has 130 valence electrons.